The van der Waals surface area contributed by atoms with Gasteiger partial charge in [0.2, 0.25) is 0 Å². The van der Waals surface area contributed by atoms with Crippen molar-refractivity contribution >= 4 is 0 Å². The van der Waals surface area contributed by atoms with Crippen LogP contribution in [0.1, 0.15) is 39.0 Å². The smallest absolute Gasteiger partial charge is 0.119 e. The third-order valence-corrected chi connectivity index (χ3v) is 4.54. The maximum atomic E-state index is 6.24. The van der Waals surface area contributed by atoms with Crippen molar-refractivity contribution in [2.45, 2.75) is 45.1 Å². The lowest BCUT2D eigenvalue weighted by atomic mass is 9.76. The molecule has 112 valence electrons. The van der Waals surface area contributed by atoms with E-state index >= 15 is 0 Å². The molecule has 3 atom stereocenters. The molecular formula is C17H27NO2. The predicted molar refractivity (Wildman–Crippen MR) is 82.2 cm³/mol. The standard InChI is InChI=1S/C17H27NO2/c1-3-13-4-9-17(18)14(12-13)10-11-20-16-7-5-15(19-2)6-8-16/h5-8,13-14,17H,3-4,9-12,18H2,1-2H3. The summed E-state index contributed by atoms with van der Waals surface area (Å²) in [6.07, 6.45) is 6.08. The summed E-state index contributed by atoms with van der Waals surface area (Å²) in [7, 11) is 1.67. The number of methoxy groups -OCH3 is 1. The fraction of sp³-hybridized carbons (Fsp3) is 0.647. The van der Waals surface area contributed by atoms with Crippen molar-refractivity contribution in [3.8, 4) is 11.5 Å². The van der Waals surface area contributed by atoms with Crippen molar-refractivity contribution in [1.82, 2.24) is 0 Å². The normalized spacial score (nSPS) is 26.2. The Labute approximate surface area is 122 Å². The Morgan fingerprint density at radius 2 is 1.85 bits per heavy atom. The Bertz CT molecular complexity index is 390. The van der Waals surface area contributed by atoms with Crippen LogP contribution in [0.5, 0.6) is 11.5 Å². The van der Waals surface area contributed by atoms with Crippen LogP contribution in [0.25, 0.3) is 0 Å². The van der Waals surface area contributed by atoms with Gasteiger partial charge in [-0.2, -0.15) is 0 Å². The monoisotopic (exact) mass is 277 g/mol. The van der Waals surface area contributed by atoms with Crippen LogP contribution >= 0.6 is 0 Å². The molecule has 1 aromatic carbocycles. The second-order valence-electron chi connectivity index (χ2n) is 5.82. The average molecular weight is 277 g/mol. The summed E-state index contributed by atoms with van der Waals surface area (Å²) in [5.41, 5.74) is 6.24. The largest absolute Gasteiger partial charge is 0.497 e. The lowest BCUT2D eigenvalue weighted by molar-refractivity contribution is 0.185. The maximum Gasteiger partial charge on any atom is 0.119 e. The molecule has 0 heterocycles. The van der Waals surface area contributed by atoms with E-state index in [2.05, 4.69) is 6.92 Å². The van der Waals surface area contributed by atoms with Gasteiger partial charge < -0.3 is 15.2 Å². The summed E-state index contributed by atoms with van der Waals surface area (Å²) in [5.74, 6) is 3.24. The van der Waals surface area contributed by atoms with Gasteiger partial charge in [-0.3, -0.25) is 0 Å². The molecule has 3 heteroatoms. The number of rotatable bonds is 6. The minimum atomic E-state index is 0.359. The lowest BCUT2D eigenvalue weighted by Crippen LogP contribution is -2.36. The SMILES string of the molecule is CCC1CCC(N)C(CCOc2ccc(OC)cc2)C1. The topological polar surface area (TPSA) is 44.5 Å². The number of ether oxygens (including phenoxy) is 2. The Morgan fingerprint density at radius 3 is 2.50 bits per heavy atom. The van der Waals surface area contributed by atoms with Gasteiger partial charge in [0.05, 0.1) is 13.7 Å². The van der Waals surface area contributed by atoms with Crippen LogP contribution in [-0.2, 0) is 0 Å². The highest BCUT2D eigenvalue weighted by Gasteiger charge is 2.26. The zero-order valence-electron chi connectivity index (χ0n) is 12.7. The molecule has 0 saturated heterocycles. The molecule has 2 rings (SSSR count). The molecule has 20 heavy (non-hydrogen) atoms. The second-order valence-corrected chi connectivity index (χ2v) is 5.82. The Morgan fingerprint density at radius 1 is 1.15 bits per heavy atom. The van der Waals surface area contributed by atoms with Gasteiger partial charge in [-0.15, -0.1) is 0 Å². The van der Waals surface area contributed by atoms with Crippen molar-refractivity contribution in [2.24, 2.45) is 17.6 Å². The Kier molecular flexibility index (Phi) is 5.72. The van der Waals surface area contributed by atoms with Crippen molar-refractivity contribution in [3.63, 3.8) is 0 Å². The maximum absolute atomic E-state index is 6.24. The molecule has 1 saturated carbocycles. The van der Waals surface area contributed by atoms with Gasteiger partial charge in [0.1, 0.15) is 11.5 Å². The van der Waals surface area contributed by atoms with Gasteiger partial charge in [0.25, 0.3) is 0 Å². The van der Waals surface area contributed by atoms with Gasteiger partial charge in [-0.25, -0.2) is 0 Å². The molecule has 1 aliphatic rings. The van der Waals surface area contributed by atoms with Crippen molar-refractivity contribution < 1.29 is 9.47 Å². The van der Waals surface area contributed by atoms with E-state index in [1.165, 1.54) is 25.7 Å². The molecule has 2 N–H and O–H groups in total. The van der Waals surface area contributed by atoms with Crippen LogP contribution < -0.4 is 15.2 Å². The molecule has 3 unspecified atom stereocenters. The summed E-state index contributed by atoms with van der Waals surface area (Å²) < 4.78 is 10.9. The van der Waals surface area contributed by atoms with E-state index in [4.69, 9.17) is 15.2 Å². The molecule has 0 aliphatic heterocycles. The average Bonchev–Trinajstić information content (AvgIpc) is 2.50. The molecular weight excluding hydrogens is 250 g/mol. The zero-order chi connectivity index (χ0) is 14.4. The molecule has 0 amide bonds. The molecule has 0 radical (unpaired) electrons. The first-order chi connectivity index (χ1) is 9.72. The van der Waals surface area contributed by atoms with E-state index in [9.17, 15) is 0 Å². The zero-order valence-corrected chi connectivity index (χ0v) is 12.7. The predicted octanol–water partition coefficient (Wildman–Crippen LogP) is 3.62. The fourth-order valence-electron chi connectivity index (χ4n) is 3.09. The fourth-order valence-corrected chi connectivity index (χ4v) is 3.09. The highest BCUT2D eigenvalue weighted by molar-refractivity contribution is 5.31. The molecule has 1 aromatic rings. The third-order valence-electron chi connectivity index (χ3n) is 4.54. The van der Waals surface area contributed by atoms with E-state index in [1.807, 2.05) is 24.3 Å². The number of hydrogen-bond donors (Lipinski definition) is 1. The first-order valence-corrected chi connectivity index (χ1v) is 7.75. The number of benzene rings is 1. The van der Waals surface area contributed by atoms with Gasteiger partial charge in [0.15, 0.2) is 0 Å². The summed E-state index contributed by atoms with van der Waals surface area (Å²) >= 11 is 0. The van der Waals surface area contributed by atoms with Gasteiger partial charge >= 0.3 is 0 Å². The molecule has 0 bridgehead atoms. The van der Waals surface area contributed by atoms with E-state index in [0.29, 0.717) is 12.0 Å². The second kappa shape index (κ2) is 7.53. The van der Waals surface area contributed by atoms with Gasteiger partial charge in [-0.05, 0) is 61.8 Å². The first kappa shape index (κ1) is 15.2. The van der Waals surface area contributed by atoms with E-state index < -0.39 is 0 Å². The van der Waals surface area contributed by atoms with Crippen LogP contribution in [0, 0.1) is 11.8 Å². The third kappa shape index (κ3) is 4.14. The van der Waals surface area contributed by atoms with Crippen LogP contribution in [-0.4, -0.2) is 19.8 Å². The lowest BCUT2D eigenvalue weighted by Gasteiger charge is -2.33. The highest BCUT2D eigenvalue weighted by Crippen LogP contribution is 2.32. The molecule has 1 aliphatic carbocycles. The van der Waals surface area contributed by atoms with Crippen molar-refractivity contribution in [2.75, 3.05) is 13.7 Å². The summed E-state index contributed by atoms with van der Waals surface area (Å²) in [4.78, 5) is 0. The highest BCUT2D eigenvalue weighted by atomic mass is 16.5. The first-order valence-electron chi connectivity index (χ1n) is 7.75. The number of nitrogens with two attached hydrogens (primary N) is 1. The number of hydrogen-bond acceptors (Lipinski definition) is 3. The van der Waals surface area contributed by atoms with Crippen LogP contribution in [0.3, 0.4) is 0 Å². The van der Waals surface area contributed by atoms with Crippen molar-refractivity contribution in [1.29, 1.82) is 0 Å². The minimum Gasteiger partial charge on any atom is -0.497 e. The van der Waals surface area contributed by atoms with Crippen LogP contribution in [0.15, 0.2) is 24.3 Å². The molecule has 0 spiro atoms. The molecule has 1 fully saturated rings. The summed E-state index contributed by atoms with van der Waals surface area (Å²) in [5, 5.41) is 0. The summed E-state index contributed by atoms with van der Waals surface area (Å²) in [6, 6.07) is 8.12. The van der Waals surface area contributed by atoms with E-state index in [0.717, 1.165) is 30.4 Å². The van der Waals surface area contributed by atoms with Gasteiger partial charge in [0, 0.05) is 6.04 Å². The van der Waals surface area contributed by atoms with Gasteiger partial charge in [-0.1, -0.05) is 13.3 Å². The van der Waals surface area contributed by atoms with Crippen LogP contribution in [0.2, 0.25) is 0 Å². The van der Waals surface area contributed by atoms with Crippen molar-refractivity contribution in [3.05, 3.63) is 24.3 Å². The molecule has 3 nitrogen and oxygen atoms in total. The Balaban J connectivity index is 1.76. The summed E-state index contributed by atoms with van der Waals surface area (Å²) in [6.45, 7) is 3.04. The molecule has 0 aromatic heterocycles. The van der Waals surface area contributed by atoms with E-state index in [1.54, 1.807) is 7.11 Å². The van der Waals surface area contributed by atoms with Crippen LogP contribution in [0.4, 0.5) is 0 Å². The quantitative estimate of drug-likeness (QED) is 0.863. The van der Waals surface area contributed by atoms with E-state index in [-0.39, 0.29) is 0 Å². The minimum absolute atomic E-state index is 0.359. The Hall–Kier alpha value is -1.22.